The van der Waals surface area contributed by atoms with Gasteiger partial charge in [0, 0.05) is 12.6 Å². The van der Waals surface area contributed by atoms with Crippen LogP contribution in [0.4, 0.5) is 4.79 Å². The van der Waals surface area contributed by atoms with Crippen molar-refractivity contribution < 1.29 is 9.59 Å². The number of nitrogens with one attached hydrogen (secondary N) is 2. The molecule has 1 heterocycles. The molecule has 3 rings (SSSR count). The number of aromatic nitrogens is 3. The summed E-state index contributed by atoms with van der Waals surface area (Å²) < 4.78 is 2.08. The predicted molar refractivity (Wildman–Crippen MR) is 95.3 cm³/mol. The van der Waals surface area contributed by atoms with Crippen LogP contribution in [0.15, 0.2) is 35.5 Å². The number of amides is 3. The van der Waals surface area contributed by atoms with Crippen LogP contribution in [0.2, 0.25) is 0 Å². The fraction of sp³-hybridized carbons (Fsp3) is 0.412. The van der Waals surface area contributed by atoms with Crippen LogP contribution < -0.4 is 10.6 Å². The predicted octanol–water partition coefficient (Wildman–Crippen LogP) is 2.60. The van der Waals surface area contributed by atoms with Gasteiger partial charge in [-0.2, -0.15) is 0 Å². The van der Waals surface area contributed by atoms with Gasteiger partial charge in [0.2, 0.25) is 5.91 Å². The number of thioether (sulfide) groups is 1. The van der Waals surface area contributed by atoms with Gasteiger partial charge in [0.1, 0.15) is 11.1 Å². The zero-order valence-electron chi connectivity index (χ0n) is 14.2. The molecule has 0 bridgehead atoms. The van der Waals surface area contributed by atoms with Gasteiger partial charge in [0.15, 0.2) is 5.16 Å². The second kappa shape index (κ2) is 7.69. The molecule has 1 atom stereocenters. The molecule has 8 heteroatoms. The number of hydrogen-bond acceptors (Lipinski definition) is 5. The first-order valence-electron chi connectivity index (χ1n) is 8.32. The van der Waals surface area contributed by atoms with Crippen molar-refractivity contribution >= 4 is 23.7 Å². The summed E-state index contributed by atoms with van der Waals surface area (Å²) >= 11 is 1.32. The van der Waals surface area contributed by atoms with Gasteiger partial charge in [-0.1, -0.05) is 42.1 Å². The van der Waals surface area contributed by atoms with Crippen LogP contribution in [0.25, 0.3) is 0 Å². The quantitative estimate of drug-likeness (QED) is 0.774. The maximum atomic E-state index is 12.7. The standard InChI is InChI=1S/C17H21N5O2S/c1-3-18-16(24)19-15(23)14(12-7-5-4-6-8-12)25-17-21-20-11(2)22(17)13-9-10-13/h4-8,13-14H,3,9-10H2,1-2H3,(H2,18,19,23,24). The van der Waals surface area contributed by atoms with E-state index < -0.39 is 11.3 Å². The molecule has 2 N–H and O–H groups in total. The van der Waals surface area contributed by atoms with Crippen LogP contribution in [0.5, 0.6) is 0 Å². The summed E-state index contributed by atoms with van der Waals surface area (Å²) in [4.78, 5) is 24.4. The lowest BCUT2D eigenvalue weighted by Gasteiger charge is -2.16. The monoisotopic (exact) mass is 359 g/mol. The largest absolute Gasteiger partial charge is 0.338 e. The Bertz CT molecular complexity index is 758. The van der Waals surface area contributed by atoms with E-state index in [-0.39, 0.29) is 5.91 Å². The Hall–Kier alpha value is -2.35. The summed E-state index contributed by atoms with van der Waals surface area (Å²) in [5, 5.41) is 13.5. The molecule has 1 aliphatic carbocycles. The molecule has 1 saturated carbocycles. The molecule has 1 aliphatic rings. The third-order valence-corrected chi connectivity index (χ3v) is 5.10. The third-order valence-electron chi connectivity index (χ3n) is 3.88. The number of nitrogens with zero attached hydrogens (tertiary/aromatic N) is 3. The van der Waals surface area contributed by atoms with Crippen LogP contribution in [0.3, 0.4) is 0 Å². The molecule has 1 fully saturated rings. The van der Waals surface area contributed by atoms with E-state index in [2.05, 4.69) is 25.4 Å². The molecule has 1 aromatic heterocycles. The molecule has 0 spiro atoms. The lowest BCUT2D eigenvalue weighted by molar-refractivity contribution is -0.119. The van der Waals surface area contributed by atoms with Gasteiger partial charge in [-0.25, -0.2) is 4.79 Å². The molecular weight excluding hydrogens is 338 g/mol. The highest BCUT2D eigenvalue weighted by Gasteiger charge is 2.32. The first kappa shape index (κ1) is 17.5. The number of imide groups is 1. The molecule has 2 aromatic rings. The Kier molecular flexibility index (Phi) is 5.37. The lowest BCUT2D eigenvalue weighted by Crippen LogP contribution is -2.41. The van der Waals surface area contributed by atoms with Gasteiger partial charge in [0.05, 0.1) is 0 Å². The lowest BCUT2D eigenvalue weighted by atomic mass is 10.1. The number of benzene rings is 1. The molecule has 7 nitrogen and oxygen atoms in total. The number of aryl methyl sites for hydroxylation is 1. The van der Waals surface area contributed by atoms with Crippen molar-refractivity contribution in [3.05, 3.63) is 41.7 Å². The van der Waals surface area contributed by atoms with Crippen LogP contribution in [0.1, 0.15) is 42.4 Å². The highest BCUT2D eigenvalue weighted by molar-refractivity contribution is 8.00. The summed E-state index contributed by atoms with van der Waals surface area (Å²) in [6.45, 7) is 4.17. The zero-order chi connectivity index (χ0) is 17.8. The summed E-state index contributed by atoms with van der Waals surface area (Å²) in [6.07, 6.45) is 2.21. The molecule has 0 radical (unpaired) electrons. The fourth-order valence-corrected chi connectivity index (χ4v) is 3.72. The molecule has 1 unspecified atom stereocenters. The Morgan fingerprint density at radius 1 is 1.28 bits per heavy atom. The van der Waals surface area contributed by atoms with Gasteiger partial charge in [-0.05, 0) is 32.3 Å². The minimum atomic E-state index is -0.579. The van der Waals surface area contributed by atoms with Crippen LogP contribution in [-0.2, 0) is 4.79 Å². The van der Waals surface area contributed by atoms with Crippen LogP contribution >= 0.6 is 11.8 Å². The first-order valence-corrected chi connectivity index (χ1v) is 9.20. The minimum absolute atomic E-state index is 0.370. The fourth-order valence-electron chi connectivity index (χ4n) is 2.57. The first-order chi connectivity index (χ1) is 12.1. The zero-order valence-corrected chi connectivity index (χ0v) is 15.0. The smallest absolute Gasteiger partial charge is 0.321 e. The van der Waals surface area contributed by atoms with E-state index in [9.17, 15) is 9.59 Å². The number of rotatable bonds is 6. The maximum absolute atomic E-state index is 12.7. The number of hydrogen-bond donors (Lipinski definition) is 2. The van der Waals surface area contributed by atoms with Gasteiger partial charge < -0.3 is 9.88 Å². The minimum Gasteiger partial charge on any atom is -0.338 e. The molecule has 3 amide bonds. The average Bonchev–Trinajstić information content (AvgIpc) is 3.36. The van der Waals surface area contributed by atoms with Crippen molar-refractivity contribution in [1.82, 2.24) is 25.4 Å². The van der Waals surface area contributed by atoms with Crippen LogP contribution in [-0.4, -0.2) is 33.2 Å². The van der Waals surface area contributed by atoms with Gasteiger partial charge in [-0.3, -0.25) is 10.1 Å². The number of carbonyl (C=O) groups is 2. The maximum Gasteiger partial charge on any atom is 0.321 e. The number of urea groups is 1. The van der Waals surface area contributed by atoms with Crippen LogP contribution in [0, 0.1) is 6.92 Å². The Balaban J connectivity index is 1.84. The van der Waals surface area contributed by atoms with E-state index in [1.165, 1.54) is 11.8 Å². The van der Waals surface area contributed by atoms with Crippen molar-refractivity contribution in [2.24, 2.45) is 0 Å². The van der Waals surface area contributed by atoms with Crippen molar-refractivity contribution in [3.63, 3.8) is 0 Å². The van der Waals surface area contributed by atoms with Crippen molar-refractivity contribution in [2.45, 2.75) is 43.1 Å². The average molecular weight is 359 g/mol. The highest BCUT2D eigenvalue weighted by atomic mass is 32.2. The van der Waals surface area contributed by atoms with Crippen molar-refractivity contribution in [3.8, 4) is 0 Å². The molecular formula is C17H21N5O2S. The van der Waals surface area contributed by atoms with Crippen molar-refractivity contribution in [2.75, 3.05) is 6.54 Å². The van der Waals surface area contributed by atoms with E-state index >= 15 is 0 Å². The second-order valence-electron chi connectivity index (χ2n) is 5.89. The van der Waals surface area contributed by atoms with E-state index in [0.29, 0.717) is 17.7 Å². The Labute approximate surface area is 150 Å². The normalized spacial score (nSPS) is 14.8. The Morgan fingerprint density at radius 3 is 2.64 bits per heavy atom. The SMILES string of the molecule is CCNC(=O)NC(=O)C(Sc1nnc(C)n1C1CC1)c1ccccc1. The highest BCUT2D eigenvalue weighted by Crippen LogP contribution is 2.42. The second-order valence-corrected chi connectivity index (χ2v) is 6.96. The summed E-state index contributed by atoms with van der Waals surface area (Å²) in [5.74, 6) is 0.478. The Morgan fingerprint density at radius 2 is 2.00 bits per heavy atom. The molecule has 25 heavy (non-hydrogen) atoms. The summed E-state index contributed by atoms with van der Waals surface area (Å²) in [6, 6.07) is 9.32. The number of carbonyl (C=O) groups excluding carboxylic acids is 2. The molecule has 132 valence electrons. The summed E-state index contributed by atoms with van der Waals surface area (Å²) in [7, 11) is 0. The van der Waals surface area contributed by atoms with E-state index in [1.54, 1.807) is 6.92 Å². The van der Waals surface area contributed by atoms with E-state index in [1.807, 2.05) is 37.3 Å². The molecule has 0 aliphatic heterocycles. The topological polar surface area (TPSA) is 88.9 Å². The molecule has 1 aromatic carbocycles. The molecule has 0 saturated heterocycles. The van der Waals surface area contributed by atoms with Gasteiger partial charge >= 0.3 is 6.03 Å². The van der Waals surface area contributed by atoms with E-state index in [4.69, 9.17) is 0 Å². The third kappa shape index (κ3) is 4.19. The summed E-state index contributed by atoms with van der Waals surface area (Å²) in [5.41, 5.74) is 0.817. The van der Waals surface area contributed by atoms with Crippen molar-refractivity contribution in [1.29, 1.82) is 0 Å². The van der Waals surface area contributed by atoms with Gasteiger partial charge in [0.25, 0.3) is 0 Å². The van der Waals surface area contributed by atoms with E-state index in [0.717, 1.165) is 24.2 Å². The van der Waals surface area contributed by atoms with Gasteiger partial charge in [-0.15, -0.1) is 10.2 Å².